The topological polar surface area (TPSA) is 108 Å². The Morgan fingerprint density at radius 2 is 1.92 bits per heavy atom. The summed E-state index contributed by atoms with van der Waals surface area (Å²) < 4.78 is 17.2. The van der Waals surface area contributed by atoms with Gasteiger partial charge < -0.3 is 26.0 Å². The molecule has 0 spiro atoms. The Morgan fingerprint density at radius 3 is 2.64 bits per heavy atom. The predicted octanol–water partition coefficient (Wildman–Crippen LogP) is 3.27. The average molecular weight is 489 g/mol. The van der Waals surface area contributed by atoms with Gasteiger partial charge >= 0.3 is 0 Å². The number of likely N-dealkylation sites (N-methyl/N-ethyl adjacent to an activating group) is 1. The number of fused-ring (bicyclic) bond motifs is 1. The number of nitrogen functional groups attached to an aromatic ring is 1. The molecule has 36 heavy (non-hydrogen) atoms. The Kier molecular flexibility index (Phi) is 5.69. The average Bonchev–Trinajstić information content (AvgIpc) is 3.68. The first-order valence-corrected chi connectivity index (χ1v) is 12.2. The lowest BCUT2D eigenvalue weighted by Crippen LogP contribution is -2.53. The van der Waals surface area contributed by atoms with Crippen LogP contribution in [0.25, 0.3) is 16.9 Å². The highest BCUT2D eigenvalue weighted by Crippen LogP contribution is 2.45. The summed E-state index contributed by atoms with van der Waals surface area (Å²) in [4.78, 5) is 18.0. The van der Waals surface area contributed by atoms with E-state index in [0.29, 0.717) is 34.3 Å². The van der Waals surface area contributed by atoms with Crippen LogP contribution in [-0.4, -0.2) is 68.9 Å². The quantitative estimate of drug-likeness (QED) is 0.380. The lowest BCUT2D eigenvalue weighted by molar-refractivity contribution is 0.191. The molecular formula is C26H29FN8O. The molecule has 0 bridgehead atoms. The third-order valence-corrected chi connectivity index (χ3v) is 6.98. The van der Waals surface area contributed by atoms with Crippen LogP contribution in [0, 0.1) is 5.82 Å². The van der Waals surface area contributed by atoms with Gasteiger partial charge in [0.1, 0.15) is 11.6 Å². The van der Waals surface area contributed by atoms with E-state index in [2.05, 4.69) is 37.1 Å². The molecule has 9 nitrogen and oxygen atoms in total. The number of rotatable bonds is 6. The molecule has 1 saturated carbocycles. The van der Waals surface area contributed by atoms with Crippen LogP contribution in [0.1, 0.15) is 24.5 Å². The smallest absolute Gasteiger partial charge is 0.229 e. The number of benzene rings is 1. The van der Waals surface area contributed by atoms with Crippen molar-refractivity contribution in [3.63, 3.8) is 0 Å². The van der Waals surface area contributed by atoms with Crippen molar-refractivity contribution in [2.24, 2.45) is 0 Å². The second kappa shape index (κ2) is 9.03. The largest absolute Gasteiger partial charge is 0.394 e. The predicted molar refractivity (Wildman–Crippen MR) is 138 cm³/mol. The molecule has 1 unspecified atom stereocenters. The van der Waals surface area contributed by atoms with Crippen molar-refractivity contribution < 1.29 is 9.50 Å². The number of piperazine rings is 1. The SMILES string of the molecule is CN1CCN(c2ccc(Nc3ncc4c(F)c(C5CC5)n(-c5cccc(N)n5)c4n3)cc2)C(CO)C1. The van der Waals surface area contributed by atoms with E-state index in [0.717, 1.165) is 43.9 Å². The zero-order chi connectivity index (χ0) is 24.8. The van der Waals surface area contributed by atoms with Crippen LogP contribution in [0.5, 0.6) is 0 Å². The molecule has 1 atom stereocenters. The number of pyridine rings is 1. The number of aromatic nitrogens is 4. The number of halogens is 1. The zero-order valence-electron chi connectivity index (χ0n) is 20.1. The van der Waals surface area contributed by atoms with Gasteiger partial charge in [0.25, 0.3) is 0 Å². The van der Waals surface area contributed by atoms with E-state index in [9.17, 15) is 5.11 Å². The Morgan fingerprint density at radius 1 is 1.11 bits per heavy atom. The number of nitrogens with one attached hydrogen (secondary N) is 1. The zero-order valence-corrected chi connectivity index (χ0v) is 20.1. The lowest BCUT2D eigenvalue weighted by Gasteiger charge is -2.40. The third kappa shape index (κ3) is 4.12. The van der Waals surface area contributed by atoms with Gasteiger partial charge in [0, 0.05) is 43.1 Å². The molecular weight excluding hydrogens is 459 g/mol. The van der Waals surface area contributed by atoms with E-state index in [1.54, 1.807) is 10.6 Å². The summed E-state index contributed by atoms with van der Waals surface area (Å²) in [5.41, 5.74) is 8.85. The van der Waals surface area contributed by atoms with Crippen molar-refractivity contribution in [3.05, 3.63) is 60.2 Å². The summed E-state index contributed by atoms with van der Waals surface area (Å²) in [6, 6.07) is 13.4. The van der Waals surface area contributed by atoms with Crippen LogP contribution in [-0.2, 0) is 0 Å². The maximum absolute atomic E-state index is 15.4. The summed E-state index contributed by atoms with van der Waals surface area (Å²) in [7, 11) is 2.07. The molecule has 1 aliphatic heterocycles. The normalized spacial score (nSPS) is 18.6. The molecule has 6 rings (SSSR count). The van der Waals surface area contributed by atoms with Crippen LogP contribution in [0.4, 0.5) is 27.5 Å². The van der Waals surface area contributed by atoms with Gasteiger partial charge in [-0.1, -0.05) is 6.07 Å². The van der Waals surface area contributed by atoms with Crippen molar-refractivity contribution in [2.45, 2.75) is 24.8 Å². The van der Waals surface area contributed by atoms with E-state index in [4.69, 9.17) is 5.73 Å². The van der Waals surface area contributed by atoms with E-state index >= 15 is 4.39 Å². The molecule has 186 valence electrons. The Labute approximate surface area is 208 Å². The van der Waals surface area contributed by atoms with Gasteiger partial charge in [-0.2, -0.15) is 4.98 Å². The molecule has 4 N–H and O–H groups in total. The molecule has 0 radical (unpaired) electrons. The second-order valence-corrected chi connectivity index (χ2v) is 9.62. The standard InChI is InChI=1S/C26H29FN8O/c1-33-11-12-34(19(14-33)15-36)18-9-7-17(8-10-18)30-26-29-13-20-23(27)24(16-5-6-16)35(25(20)32-26)22-4-2-3-21(28)31-22/h2-4,7-10,13,16,19,36H,5-6,11-12,14-15H2,1H3,(H2,28,31)(H,29,30,32). The number of hydrogen-bond donors (Lipinski definition) is 3. The lowest BCUT2D eigenvalue weighted by atomic mass is 10.1. The molecule has 4 aromatic rings. The molecule has 2 fully saturated rings. The summed E-state index contributed by atoms with van der Waals surface area (Å²) in [6.45, 7) is 2.74. The minimum absolute atomic E-state index is 0.0669. The molecule has 4 heterocycles. The van der Waals surface area contributed by atoms with E-state index < -0.39 is 0 Å². The van der Waals surface area contributed by atoms with Crippen molar-refractivity contribution in [1.29, 1.82) is 0 Å². The van der Waals surface area contributed by atoms with Crippen molar-refractivity contribution >= 4 is 34.2 Å². The molecule has 10 heteroatoms. The summed E-state index contributed by atoms with van der Waals surface area (Å²) in [6.07, 6.45) is 3.40. The van der Waals surface area contributed by atoms with Crippen LogP contribution < -0.4 is 16.0 Å². The van der Waals surface area contributed by atoms with E-state index in [-0.39, 0.29) is 24.4 Å². The second-order valence-electron chi connectivity index (χ2n) is 9.62. The highest BCUT2D eigenvalue weighted by molar-refractivity contribution is 5.81. The fourth-order valence-corrected chi connectivity index (χ4v) is 5.00. The molecule has 1 saturated heterocycles. The number of aliphatic hydroxyl groups is 1. The van der Waals surface area contributed by atoms with Crippen molar-refractivity contribution in [1.82, 2.24) is 24.4 Å². The fraction of sp³-hybridized carbons (Fsp3) is 0.346. The van der Waals surface area contributed by atoms with Gasteiger partial charge in [-0.3, -0.25) is 4.57 Å². The number of aliphatic hydroxyl groups excluding tert-OH is 1. The van der Waals surface area contributed by atoms with Crippen LogP contribution in [0.3, 0.4) is 0 Å². The molecule has 0 amide bonds. The number of nitrogens with two attached hydrogens (primary N) is 1. The van der Waals surface area contributed by atoms with Crippen LogP contribution in [0.15, 0.2) is 48.7 Å². The van der Waals surface area contributed by atoms with Gasteiger partial charge in [0.2, 0.25) is 5.95 Å². The molecule has 1 aliphatic carbocycles. The molecule has 3 aromatic heterocycles. The number of anilines is 4. The van der Waals surface area contributed by atoms with Crippen LogP contribution >= 0.6 is 0 Å². The van der Waals surface area contributed by atoms with Gasteiger partial charge in [0.15, 0.2) is 11.5 Å². The van der Waals surface area contributed by atoms with Gasteiger partial charge in [0.05, 0.1) is 23.7 Å². The summed E-state index contributed by atoms with van der Waals surface area (Å²) in [5, 5.41) is 13.4. The monoisotopic (exact) mass is 488 g/mol. The molecule has 1 aromatic carbocycles. The minimum atomic E-state index is -0.293. The van der Waals surface area contributed by atoms with Gasteiger partial charge in [-0.05, 0) is 56.3 Å². The fourth-order valence-electron chi connectivity index (χ4n) is 5.00. The first-order chi connectivity index (χ1) is 17.5. The van der Waals surface area contributed by atoms with Crippen LogP contribution in [0.2, 0.25) is 0 Å². The first-order valence-electron chi connectivity index (χ1n) is 12.2. The van der Waals surface area contributed by atoms with E-state index in [1.165, 1.54) is 6.20 Å². The Balaban J connectivity index is 1.31. The number of nitrogens with zero attached hydrogens (tertiary/aromatic N) is 6. The number of hydrogen-bond acceptors (Lipinski definition) is 8. The summed E-state index contributed by atoms with van der Waals surface area (Å²) in [5.74, 6) is 1.13. The Hall–Kier alpha value is -3.76. The van der Waals surface area contributed by atoms with Crippen molar-refractivity contribution in [2.75, 3.05) is 49.2 Å². The highest BCUT2D eigenvalue weighted by atomic mass is 19.1. The van der Waals surface area contributed by atoms with Crippen molar-refractivity contribution in [3.8, 4) is 5.82 Å². The van der Waals surface area contributed by atoms with Gasteiger partial charge in [-0.25, -0.2) is 14.4 Å². The maximum Gasteiger partial charge on any atom is 0.229 e. The van der Waals surface area contributed by atoms with Gasteiger partial charge in [-0.15, -0.1) is 0 Å². The molecule has 2 aliphatic rings. The first kappa shape index (κ1) is 22.7. The van der Waals surface area contributed by atoms with E-state index in [1.807, 2.05) is 36.4 Å². The maximum atomic E-state index is 15.4. The highest BCUT2D eigenvalue weighted by Gasteiger charge is 2.34. The minimum Gasteiger partial charge on any atom is -0.394 e. The third-order valence-electron chi connectivity index (χ3n) is 6.98. The Bertz CT molecular complexity index is 1400. The summed E-state index contributed by atoms with van der Waals surface area (Å²) >= 11 is 0.